The summed E-state index contributed by atoms with van der Waals surface area (Å²) in [5, 5.41) is 2.80. The average molecular weight is 303 g/mol. The predicted molar refractivity (Wildman–Crippen MR) is 82.1 cm³/mol. The molecule has 0 unspecified atom stereocenters. The van der Waals surface area contributed by atoms with Gasteiger partial charge in [-0.15, -0.1) is 0 Å². The summed E-state index contributed by atoms with van der Waals surface area (Å²) in [4.78, 5) is 0. The highest BCUT2D eigenvalue weighted by Crippen LogP contribution is 2.37. The number of halogens is 1. The van der Waals surface area contributed by atoms with Crippen molar-refractivity contribution in [3.05, 3.63) is 46.4 Å². The van der Waals surface area contributed by atoms with Crippen molar-refractivity contribution in [1.29, 1.82) is 0 Å². The lowest BCUT2D eigenvalue weighted by molar-refractivity contribution is 0.596. The quantitative estimate of drug-likeness (QED) is 0.563. The largest absolute Gasteiger partial charge is 0.0616 e. The van der Waals surface area contributed by atoms with Gasteiger partial charge in [-0.3, -0.25) is 0 Å². The lowest BCUT2D eigenvalue weighted by atomic mass is 9.88. The zero-order valence-electron chi connectivity index (χ0n) is 10.7. The topological polar surface area (TPSA) is 0 Å². The van der Waals surface area contributed by atoms with Crippen LogP contribution in [0.2, 0.25) is 0 Å². The summed E-state index contributed by atoms with van der Waals surface area (Å²) in [5.74, 6) is 0.769. The van der Waals surface area contributed by atoms with Crippen molar-refractivity contribution in [2.45, 2.75) is 44.4 Å². The van der Waals surface area contributed by atoms with E-state index in [9.17, 15) is 0 Å². The van der Waals surface area contributed by atoms with Gasteiger partial charge in [0.05, 0.1) is 0 Å². The lowest BCUT2D eigenvalue weighted by Crippen LogP contribution is -1.98. The standard InChI is InChI=1S/C17H19Br/c18-17-12-11-14(13-7-3-1-2-4-8-13)15-9-5-6-10-16(15)17/h5-6,9-13H,1-4,7-8H2. The van der Waals surface area contributed by atoms with Gasteiger partial charge in [0.25, 0.3) is 0 Å². The fourth-order valence-electron chi connectivity index (χ4n) is 3.23. The minimum atomic E-state index is 0.769. The minimum absolute atomic E-state index is 0.769. The van der Waals surface area contributed by atoms with E-state index in [0.717, 1.165) is 5.92 Å². The summed E-state index contributed by atoms with van der Waals surface area (Å²) >= 11 is 3.67. The maximum atomic E-state index is 3.67. The van der Waals surface area contributed by atoms with Gasteiger partial charge in [-0.2, -0.15) is 0 Å². The number of rotatable bonds is 1. The third kappa shape index (κ3) is 2.33. The highest BCUT2D eigenvalue weighted by atomic mass is 79.9. The van der Waals surface area contributed by atoms with Gasteiger partial charge in [0.1, 0.15) is 0 Å². The van der Waals surface area contributed by atoms with E-state index in [0.29, 0.717) is 0 Å². The Morgan fingerprint density at radius 2 is 1.44 bits per heavy atom. The van der Waals surface area contributed by atoms with Crippen molar-refractivity contribution < 1.29 is 0 Å². The van der Waals surface area contributed by atoms with E-state index >= 15 is 0 Å². The Bertz CT molecular complexity index is 536. The summed E-state index contributed by atoms with van der Waals surface area (Å²) in [6, 6.07) is 13.4. The van der Waals surface area contributed by atoms with Crippen molar-refractivity contribution in [2.24, 2.45) is 0 Å². The Labute approximate surface area is 118 Å². The zero-order chi connectivity index (χ0) is 12.4. The summed E-state index contributed by atoms with van der Waals surface area (Å²) in [6.07, 6.45) is 8.37. The van der Waals surface area contributed by atoms with Crippen molar-refractivity contribution in [3.63, 3.8) is 0 Å². The van der Waals surface area contributed by atoms with Crippen LogP contribution in [-0.2, 0) is 0 Å². The molecule has 0 bridgehead atoms. The Balaban J connectivity index is 2.08. The van der Waals surface area contributed by atoms with E-state index < -0.39 is 0 Å². The molecule has 18 heavy (non-hydrogen) atoms. The monoisotopic (exact) mass is 302 g/mol. The van der Waals surface area contributed by atoms with Gasteiger partial charge in [0.2, 0.25) is 0 Å². The third-order valence-electron chi connectivity index (χ3n) is 4.20. The SMILES string of the molecule is Brc1ccc(C2CCCCCC2)c2ccccc12. The summed E-state index contributed by atoms with van der Waals surface area (Å²) < 4.78 is 1.22. The molecule has 0 N–H and O–H groups in total. The first-order chi connectivity index (χ1) is 8.86. The smallest absolute Gasteiger partial charge is 0.0253 e. The fraction of sp³-hybridized carbons (Fsp3) is 0.412. The summed E-state index contributed by atoms with van der Waals surface area (Å²) in [6.45, 7) is 0. The van der Waals surface area contributed by atoms with Crippen LogP contribution in [0, 0.1) is 0 Å². The zero-order valence-corrected chi connectivity index (χ0v) is 12.2. The van der Waals surface area contributed by atoms with Gasteiger partial charge in [-0.25, -0.2) is 0 Å². The molecule has 2 aromatic rings. The van der Waals surface area contributed by atoms with Crippen molar-refractivity contribution in [3.8, 4) is 0 Å². The van der Waals surface area contributed by atoms with Crippen LogP contribution in [0.15, 0.2) is 40.9 Å². The predicted octanol–water partition coefficient (Wildman–Crippen LogP) is 6.04. The van der Waals surface area contributed by atoms with Gasteiger partial charge in [0, 0.05) is 4.47 Å². The molecular formula is C17H19Br. The Morgan fingerprint density at radius 3 is 2.17 bits per heavy atom. The molecule has 1 aliphatic carbocycles. The first-order valence-electron chi connectivity index (χ1n) is 7.03. The number of hydrogen-bond donors (Lipinski definition) is 0. The maximum Gasteiger partial charge on any atom is 0.0253 e. The van der Waals surface area contributed by atoms with Crippen LogP contribution < -0.4 is 0 Å². The second kappa shape index (κ2) is 5.44. The van der Waals surface area contributed by atoms with Crippen LogP contribution >= 0.6 is 15.9 Å². The first-order valence-corrected chi connectivity index (χ1v) is 7.83. The first kappa shape index (κ1) is 12.2. The molecule has 0 saturated heterocycles. The van der Waals surface area contributed by atoms with E-state index in [2.05, 4.69) is 52.3 Å². The Kier molecular flexibility index (Phi) is 3.69. The molecule has 1 aliphatic rings. The molecule has 0 nitrogen and oxygen atoms in total. The Hall–Kier alpha value is -0.820. The van der Waals surface area contributed by atoms with Crippen molar-refractivity contribution in [2.75, 3.05) is 0 Å². The van der Waals surface area contributed by atoms with Gasteiger partial charge in [-0.05, 0) is 41.2 Å². The molecule has 0 spiro atoms. The van der Waals surface area contributed by atoms with Crippen LogP contribution in [0.25, 0.3) is 10.8 Å². The van der Waals surface area contributed by atoms with Gasteiger partial charge in [-0.1, -0.05) is 71.9 Å². The normalized spacial score (nSPS) is 17.8. The molecule has 1 fully saturated rings. The van der Waals surface area contributed by atoms with E-state index in [4.69, 9.17) is 0 Å². The van der Waals surface area contributed by atoms with Crippen LogP contribution in [-0.4, -0.2) is 0 Å². The molecular weight excluding hydrogens is 284 g/mol. The molecule has 1 saturated carbocycles. The number of benzene rings is 2. The molecule has 1 heteroatoms. The van der Waals surface area contributed by atoms with Gasteiger partial charge < -0.3 is 0 Å². The van der Waals surface area contributed by atoms with E-state index in [1.165, 1.54) is 53.8 Å². The highest BCUT2D eigenvalue weighted by molar-refractivity contribution is 9.10. The average Bonchev–Trinajstić information content (AvgIpc) is 2.68. The van der Waals surface area contributed by atoms with Gasteiger partial charge in [0.15, 0.2) is 0 Å². The molecule has 2 aromatic carbocycles. The van der Waals surface area contributed by atoms with Crippen molar-refractivity contribution in [1.82, 2.24) is 0 Å². The highest BCUT2D eigenvalue weighted by Gasteiger charge is 2.17. The third-order valence-corrected chi connectivity index (χ3v) is 4.89. The van der Waals surface area contributed by atoms with Gasteiger partial charge >= 0.3 is 0 Å². The summed E-state index contributed by atoms with van der Waals surface area (Å²) in [5.41, 5.74) is 1.57. The number of fused-ring (bicyclic) bond motifs is 1. The van der Waals surface area contributed by atoms with E-state index in [1.807, 2.05) is 0 Å². The summed E-state index contributed by atoms with van der Waals surface area (Å²) in [7, 11) is 0. The minimum Gasteiger partial charge on any atom is -0.0616 e. The second-order valence-corrected chi connectivity index (χ2v) is 6.23. The van der Waals surface area contributed by atoms with Crippen LogP contribution in [0.4, 0.5) is 0 Å². The molecule has 94 valence electrons. The van der Waals surface area contributed by atoms with Crippen LogP contribution in [0.5, 0.6) is 0 Å². The van der Waals surface area contributed by atoms with Crippen molar-refractivity contribution >= 4 is 26.7 Å². The molecule has 0 radical (unpaired) electrons. The fourth-order valence-corrected chi connectivity index (χ4v) is 3.71. The molecule has 0 amide bonds. The molecule has 0 aromatic heterocycles. The Morgan fingerprint density at radius 1 is 0.778 bits per heavy atom. The lowest BCUT2D eigenvalue weighted by Gasteiger charge is -2.17. The van der Waals surface area contributed by atoms with Crippen LogP contribution in [0.3, 0.4) is 0 Å². The molecule has 0 heterocycles. The van der Waals surface area contributed by atoms with E-state index in [1.54, 1.807) is 5.56 Å². The molecule has 0 aliphatic heterocycles. The molecule has 0 atom stereocenters. The molecule has 3 rings (SSSR count). The second-order valence-electron chi connectivity index (χ2n) is 5.37. The van der Waals surface area contributed by atoms with E-state index in [-0.39, 0.29) is 0 Å². The number of hydrogen-bond acceptors (Lipinski definition) is 0. The van der Waals surface area contributed by atoms with Crippen LogP contribution in [0.1, 0.15) is 50.0 Å². The maximum absolute atomic E-state index is 3.67.